The molecule has 0 saturated carbocycles. The zero-order valence-corrected chi connectivity index (χ0v) is 14.8. The first-order valence-corrected chi connectivity index (χ1v) is 9.40. The molecule has 0 aromatic carbocycles. The summed E-state index contributed by atoms with van der Waals surface area (Å²) in [5, 5.41) is 4.86. The molecule has 4 rings (SSSR count). The van der Waals surface area contributed by atoms with E-state index in [1.165, 1.54) is 11.1 Å². The van der Waals surface area contributed by atoms with Crippen LogP contribution in [0.25, 0.3) is 10.2 Å². The number of carbonyl (C=O) groups is 1. The number of piperazine rings is 1. The minimum Gasteiger partial charge on any atom is -0.352 e. The Hall–Kier alpha value is -2.13. The Kier molecular flexibility index (Phi) is 4.11. The SMILES string of the molecule is CCc1cc2c(N3CCN(C(=O)c4cnns4)CC3)ncnc2s1. The van der Waals surface area contributed by atoms with Crippen LogP contribution in [0.3, 0.4) is 0 Å². The lowest BCUT2D eigenvalue weighted by atomic mass is 10.2. The first-order chi connectivity index (χ1) is 11.8. The van der Waals surface area contributed by atoms with Gasteiger partial charge < -0.3 is 9.80 Å². The topological polar surface area (TPSA) is 75.1 Å². The van der Waals surface area contributed by atoms with E-state index in [4.69, 9.17) is 0 Å². The van der Waals surface area contributed by atoms with E-state index in [0.29, 0.717) is 18.0 Å². The van der Waals surface area contributed by atoms with Crippen LogP contribution in [0.15, 0.2) is 18.6 Å². The molecule has 0 unspecified atom stereocenters. The number of anilines is 1. The molecule has 3 aromatic heterocycles. The molecule has 124 valence electrons. The Morgan fingerprint density at radius 1 is 1.25 bits per heavy atom. The molecule has 24 heavy (non-hydrogen) atoms. The van der Waals surface area contributed by atoms with E-state index in [9.17, 15) is 4.79 Å². The van der Waals surface area contributed by atoms with E-state index in [1.54, 1.807) is 17.7 Å². The largest absolute Gasteiger partial charge is 0.352 e. The molecule has 0 bridgehead atoms. The summed E-state index contributed by atoms with van der Waals surface area (Å²) in [6, 6.07) is 2.19. The third-order valence-corrected chi connectivity index (χ3v) is 5.99. The predicted octanol–water partition coefficient (Wildman–Crippen LogP) is 2.07. The quantitative estimate of drug-likeness (QED) is 0.712. The number of thiophene rings is 1. The molecule has 0 atom stereocenters. The second-order valence-corrected chi connectivity index (χ2v) is 7.44. The molecule has 1 fully saturated rings. The van der Waals surface area contributed by atoms with E-state index in [2.05, 4.69) is 37.4 Å². The Morgan fingerprint density at radius 3 is 2.79 bits per heavy atom. The Balaban J connectivity index is 1.52. The van der Waals surface area contributed by atoms with Gasteiger partial charge in [-0.25, -0.2) is 9.97 Å². The average Bonchev–Trinajstić information content (AvgIpc) is 3.30. The Bertz CT molecular complexity index is 854. The van der Waals surface area contributed by atoms with Gasteiger partial charge in [-0.05, 0) is 24.0 Å². The molecule has 0 radical (unpaired) electrons. The molecule has 0 aliphatic carbocycles. The molecular formula is C15H16N6OS2. The molecule has 1 aliphatic rings. The number of aryl methyl sites for hydroxylation is 1. The van der Waals surface area contributed by atoms with Crippen molar-refractivity contribution in [3.05, 3.63) is 28.3 Å². The summed E-state index contributed by atoms with van der Waals surface area (Å²) in [5.41, 5.74) is 0. The molecule has 9 heteroatoms. The van der Waals surface area contributed by atoms with Crippen LogP contribution < -0.4 is 4.90 Å². The van der Waals surface area contributed by atoms with E-state index < -0.39 is 0 Å². The van der Waals surface area contributed by atoms with E-state index in [-0.39, 0.29) is 5.91 Å². The summed E-state index contributed by atoms with van der Waals surface area (Å²) in [6.45, 7) is 5.03. The summed E-state index contributed by atoms with van der Waals surface area (Å²) < 4.78 is 3.76. The lowest BCUT2D eigenvalue weighted by molar-refractivity contribution is 0.0751. The molecular weight excluding hydrogens is 344 g/mol. The number of carbonyl (C=O) groups excluding carboxylic acids is 1. The number of amides is 1. The normalized spacial score (nSPS) is 15.2. The third-order valence-electron chi connectivity index (χ3n) is 4.15. The van der Waals surface area contributed by atoms with Crippen molar-refractivity contribution in [3.63, 3.8) is 0 Å². The number of fused-ring (bicyclic) bond motifs is 1. The van der Waals surface area contributed by atoms with Crippen molar-refractivity contribution in [2.24, 2.45) is 0 Å². The van der Waals surface area contributed by atoms with Crippen LogP contribution in [0, 0.1) is 0 Å². The monoisotopic (exact) mass is 360 g/mol. The second-order valence-electron chi connectivity index (χ2n) is 5.54. The van der Waals surface area contributed by atoms with Crippen LogP contribution >= 0.6 is 22.9 Å². The molecule has 1 aliphatic heterocycles. The Labute approximate surface area is 147 Å². The van der Waals surface area contributed by atoms with Gasteiger partial charge in [0, 0.05) is 31.1 Å². The zero-order chi connectivity index (χ0) is 16.5. The standard InChI is InChI=1S/C15H16N6OS2/c1-2-10-7-11-13(16-9-17-14(11)23-10)20-3-5-21(6-4-20)15(22)12-8-18-19-24-12/h7-9H,2-6H2,1H3. The first kappa shape index (κ1) is 15.4. The van der Waals surface area contributed by atoms with Crippen molar-refractivity contribution in [3.8, 4) is 0 Å². The first-order valence-electron chi connectivity index (χ1n) is 7.81. The van der Waals surface area contributed by atoms with Gasteiger partial charge in [0.25, 0.3) is 5.91 Å². The fourth-order valence-corrected chi connectivity index (χ4v) is 4.27. The number of aromatic nitrogens is 4. The lowest BCUT2D eigenvalue weighted by Gasteiger charge is -2.35. The summed E-state index contributed by atoms with van der Waals surface area (Å²) in [6.07, 6.45) is 4.17. The molecule has 1 saturated heterocycles. The van der Waals surface area contributed by atoms with Crippen molar-refractivity contribution in [1.29, 1.82) is 0 Å². The van der Waals surface area contributed by atoms with Gasteiger partial charge in [-0.3, -0.25) is 4.79 Å². The van der Waals surface area contributed by atoms with Crippen molar-refractivity contribution in [2.45, 2.75) is 13.3 Å². The van der Waals surface area contributed by atoms with E-state index >= 15 is 0 Å². The van der Waals surface area contributed by atoms with Crippen LogP contribution in [0.5, 0.6) is 0 Å². The summed E-state index contributed by atoms with van der Waals surface area (Å²) >= 11 is 2.87. The molecule has 3 aromatic rings. The zero-order valence-electron chi connectivity index (χ0n) is 13.2. The van der Waals surface area contributed by atoms with Crippen LogP contribution in [-0.2, 0) is 6.42 Å². The molecule has 0 spiro atoms. The van der Waals surface area contributed by atoms with Crippen LogP contribution in [-0.4, -0.2) is 56.5 Å². The minimum absolute atomic E-state index is 0.0151. The summed E-state index contributed by atoms with van der Waals surface area (Å²) in [5.74, 6) is 0.990. The summed E-state index contributed by atoms with van der Waals surface area (Å²) in [7, 11) is 0. The fourth-order valence-electron chi connectivity index (χ4n) is 2.86. The van der Waals surface area contributed by atoms with Gasteiger partial charge in [0.15, 0.2) is 0 Å². The molecule has 0 N–H and O–H groups in total. The van der Waals surface area contributed by atoms with Crippen molar-refractivity contribution in [1.82, 2.24) is 24.5 Å². The predicted molar refractivity (Wildman–Crippen MR) is 94.8 cm³/mol. The highest BCUT2D eigenvalue weighted by molar-refractivity contribution is 7.18. The number of rotatable bonds is 3. The van der Waals surface area contributed by atoms with E-state index in [0.717, 1.165) is 47.1 Å². The fraction of sp³-hybridized carbons (Fsp3) is 0.400. The average molecular weight is 360 g/mol. The van der Waals surface area contributed by atoms with Crippen LogP contribution in [0.2, 0.25) is 0 Å². The lowest BCUT2D eigenvalue weighted by Crippen LogP contribution is -2.49. The molecule has 1 amide bonds. The molecule has 4 heterocycles. The molecule has 7 nitrogen and oxygen atoms in total. The van der Waals surface area contributed by atoms with Crippen molar-refractivity contribution >= 4 is 44.8 Å². The van der Waals surface area contributed by atoms with Gasteiger partial charge in [-0.15, -0.1) is 16.4 Å². The number of hydrogen-bond donors (Lipinski definition) is 0. The minimum atomic E-state index is 0.0151. The summed E-state index contributed by atoms with van der Waals surface area (Å²) in [4.78, 5) is 28.3. The van der Waals surface area contributed by atoms with Gasteiger partial charge in [0.2, 0.25) is 0 Å². The smallest absolute Gasteiger partial charge is 0.267 e. The number of hydrogen-bond acceptors (Lipinski definition) is 8. The van der Waals surface area contributed by atoms with Gasteiger partial charge in [0.1, 0.15) is 21.9 Å². The maximum absolute atomic E-state index is 12.4. The van der Waals surface area contributed by atoms with Gasteiger partial charge in [-0.1, -0.05) is 11.4 Å². The van der Waals surface area contributed by atoms with Gasteiger partial charge >= 0.3 is 0 Å². The van der Waals surface area contributed by atoms with Crippen molar-refractivity contribution < 1.29 is 4.79 Å². The maximum atomic E-state index is 12.4. The van der Waals surface area contributed by atoms with Crippen LogP contribution in [0.1, 0.15) is 21.5 Å². The van der Waals surface area contributed by atoms with Gasteiger partial charge in [-0.2, -0.15) is 0 Å². The van der Waals surface area contributed by atoms with Crippen LogP contribution in [0.4, 0.5) is 5.82 Å². The highest BCUT2D eigenvalue weighted by atomic mass is 32.1. The second kappa shape index (κ2) is 6.40. The van der Waals surface area contributed by atoms with E-state index in [1.807, 2.05) is 4.90 Å². The Morgan fingerprint density at radius 2 is 2.08 bits per heavy atom. The third kappa shape index (κ3) is 2.73. The van der Waals surface area contributed by atoms with Gasteiger partial charge in [0.05, 0.1) is 11.6 Å². The number of nitrogens with zero attached hydrogens (tertiary/aromatic N) is 6. The highest BCUT2D eigenvalue weighted by Crippen LogP contribution is 2.31. The van der Waals surface area contributed by atoms with Crippen molar-refractivity contribution in [2.75, 3.05) is 31.1 Å². The highest BCUT2D eigenvalue weighted by Gasteiger charge is 2.25. The maximum Gasteiger partial charge on any atom is 0.267 e.